The number of hydrogen-bond acceptors (Lipinski definition) is 1. The molecule has 0 amide bonds. The molecule has 0 aliphatic heterocycles. The fourth-order valence-electron chi connectivity index (χ4n) is 2.75. The van der Waals surface area contributed by atoms with E-state index in [1.54, 1.807) is 0 Å². The molecule has 0 saturated heterocycles. The standard InChI is InChI=1S/C18H14S/c1-11-3-5-13-9-16-15-6-4-12(2)8-17(15)19-18(16)10-14(13)7-11/h3-10H,1-2H3. The number of aryl methyl sites for hydroxylation is 2. The Morgan fingerprint density at radius 2 is 1.37 bits per heavy atom. The average Bonchev–Trinajstić information content (AvgIpc) is 2.72. The summed E-state index contributed by atoms with van der Waals surface area (Å²) in [6, 6.07) is 18.1. The van der Waals surface area contributed by atoms with E-state index in [1.807, 2.05) is 11.3 Å². The van der Waals surface area contributed by atoms with Gasteiger partial charge in [0.15, 0.2) is 0 Å². The SMILES string of the molecule is Cc1ccc2cc3c(cc2c1)sc1cc(C)ccc13. The van der Waals surface area contributed by atoms with Crippen LogP contribution in [0.2, 0.25) is 0 Å². The van der Waals surface area contributed by atoms with E-state index in [2.05, 4.69) is 62.4 Å². The third-order valence-electron chi connectivity index (χ3n) is 3.74. The maximum Gasteiger partial charge on any atom is 0.0361 e. The largest absolute Gasteiger partial charge is 0.135 e. The van der Waals surface area contributed by atoms with Crippen LogP contribution in [0.5, 0.6) is 0 Å². The van der Waals surface area contributed by atoms with Crippen molar-refractivity contribution in [3.05, 3.63) is 59.7 Å². The van der Waals surface area contributed by atoms with Gasteiger partial charge in [-0.25, -0.2) is 0 Å². The van der Waals surface area contributed by atoms with Crippen LogP contribution >= 0.6 is 11.3 Å². The van der Waals surface area contributed by atoms with E-state index in [4.69, 9.17) is 0 Å². The zero-order valence-electron chi connectivity index (χ0n) is 11.0. The molecule has 0 spiro atoms. The molecule has 0 aliphatic carbocycles. The molecule has 0 N–H and O–H groups in total. The molecule has 0 fully saturated rings. The molecule has 0 radical (unpaired) electrons. The highest BCUT2D eigenvalue weighted by molar-refractivity contribution is 7.25. The first-order valence-corrected chi connectivity index (χ1v) is 7.36. The summed E-state index contributed by atoms with van der Waals surface area (Å²) < 4.78 is 2.78. The summed E-state index contributed by atoms with van der Waals surface area (Å²) in [6.45, 7) is 4.31. The second kappa shape index (κ2) is 3.82. The van der Waals surface area contributed by atoms with Crippen LogP contribution in [0, 0.1) is 13.8 Å². The highest BCUT2D eigenvalue weighted by Crippen LogP contribution is 2.36. The number of thiophene rings is 1. The Balaban J connectivity index is 2.19. The average molecular weight is 262 g/mol. The summed E-state index contributed by atoms with van der Waals surface area (Å²) in [4.78, 5) is 0. The van der Waals surface area contributed by atoms with Gasteiger partial charge in [-0.15, -0.1) is 11.3 Å². The van der Waals surface area contributed by atoms with E-state index in [9.17, 15) is 0 Å². The van der Waals surface area contributed by atoms with Crippen molar-refractivity contribution in [1.29, 1.82) is 0 Å². The van der Waals surface area contributed by atoms with E-state index in [0.29, 0.717) is 0 Å². The van der Waals surface area contributed by atoms with Crippen molar-refractivity contribution >= 4 is 42.3 Å². The van der Waals surface area contributed by atoms with E-state index in [-0.39, 0.29) is 0 Å². The summed E-state index contributed by atoms with van der Waals surface area (Å²) in [7, 11) is 0. The molecule has 1 aromatic heterocycles. The van der Waals surface area contributed by atoms with Gasteiger partial charge in [-0.1, -0.05) is 35.9 Å². The summed E-state index contributed by atoms with van der Waals surface area (Å²) in [5.74, 6) is 0. The van der Waals surface area contributed by atoms with Gasteiger partial charge in [-0.05, 0) is 48.4 Å². The molecular weight excluding hydrogens is 248 g/mol. The van der Waals surface area contributed by atoms with Crippen LogP contribution in [0.1, 0.15) is 11.1 Å². The minimum atomic E-state index is 1.32. The predicted octanol–water partition coefficient (Wildman–Crippen LogP) is 5.82. The van der Waals surface area contributed by atoms with Crippen molar-refractivity contribution in [3.63, 3.8) is 0 Å². The summed E-state index contributed by atoms with van der Waals surface area (Å²) in [5.41, 5.74) is 2.66. The van der Waals surface area contributed by atoms with Gasteiger partial charge in [0, 0.05) is 20.2 Å². The lowest BCUT2D eigenvalue weighted by Crippen LogP contribution is -1.75. The van der Waals surface area contributed by atoms with Crippen molar-refractivity contribution in [3.8, 4) is 0 Å². The monoisotopic (exact) mass is 262 g/mol. The highest BCUT2D eigenvalue weighted by atomic mass is 32.1. The molecule has 4 aromatic rings. The van der Waals surface area contributed by atoms with Crippen molar-refractivity contribution < 1.29 is 0 Å². The Morgan fingerprint density at radius 3 is 2.26 bits per heavy atom. The van der Waals surface area contributed by atoms with E-state index < -0.39 is 0 Å². The van der Waals surface area contributed by atoms with Crippen molar-refractivity contribution in [2.24, 2.45) is 0 Å². The molecule has 4 rings (SSSR count). The van der Waals surface area contributed by atoms with Crippen LogP contribution in [0.3, 0.4) is 0 Å². The van der Waals surface area contributed by atoms with Crippen LogP contribution in [-0.4, -0.2) is 0 Å². The second-order valence-corrected chi connectivity index (χ2v) is 6.38. The third kappa shape index (κ3) is 1.66. The van der Waals surface area contributed by atoms with Crippen molar-refractivity contribution in [2.75, 3.05) is 0 Å². The van der Waals surface area contributed by atoms with E-state index in [0.717, 1.165) is 0 Å². The number of hydrogen-bond donors (Lipinski definition) is 0. The first-order valence-electron chi connectivity index (χ1n) is 6.54. The van der Waals surface area contributed by atoms with E-state index in [1.165, 1.54) is 42.1 Å². The second-order valence-electron chi connectivity index (χ2n) is 5.30. The molecule has 0 atom stereocenters. The lowest BCUT2D eigenvalue weighted by molar-refractivity contribution is 1.51. The molecule has 19 heavy (non-hydrogen) atoms. The fraction of sp³-hybridized carbons (Fsp3) is 0.111. The quantitative estimate of drug-likeness (QED) is 0.374. The lowest BCUT2D eigenvalue weighted by atomic mass is 10.0. The minimum Gasteiger partial charge on any atom is -0.135 e. The Morgan fingerprint density at radius 1 is 0.632 bits per heavy atom. The molecule has 0 aliphatic rings. The van der Waals surface area contributed by atoms with Crippen LogP contribution < -0.4 is 0 Å². The molecule has 1 heterocycles. The Hall–Kier alpha value is -1.86. The zero-order valence-corrected chi connectivity index (χ0v) is 11.8. The Kier molecular flexibility index (Phi) is 2.21. The van der Waals surface area contributed by atoms with Crippen LogP contribution in [-0.2, 0) is 0 Å². The van der Waals surface area contributed by atoms with Gasteiger partial charge in [0.05, 0.1) is 0 Å². The van der Waals surface area contributed by atoms with Crippen LogP contribution in [0.15, 0.2) is 48.5 Å². The Labute approximate surface area is 116 Å². The minimum absolute atomic E-state index is 1.32. The van der Waals surface area contributed by atoms with Gasteiger partial charge < -0.3 is 0 Å². The first kappa shape index (κ1) is 11.0. The van der Waals surface area contributed by atoms with Crippen LogP contribution in [0.4, 0.5) is 0 Å². The predicted molar refractivity (Wildman–Crippen MR) is 86.3 cm³/mol. The fourth-order valence-corrected chi connectivity index (χ4v) is 3.98. The van der Waals surface area contributed by atoms with Gasteiger partial charge in [-0.3, -0.25) is 0 Å². The zero-order chi connectivity index (χ0) is 13.0. The first-order chi connectivity index (χ1) is 9.20. The van der Waals surface area contributed by atoms with Crippen molar-refractivity contribution in [2.45, 2.75) is 13.8 Å². The summed E-state index contributed by atoms with van der Waals surface area (Å²) >= 11 is 1.90. The van der Waals surface area contributed by atoms with Gasteiger partial charge in [0.1, 0.15) is 0 Å². The van der Waals surface area contributed by atoms with Crippen molar-refractivity contribution in [1.82, 2.24) is 0 Å². The normalized spacial score (nSPS) is 11.7. The highest BCUT2D eigenvalue weighted by Gasteiger charge is 2.06. The van der Waals surface area contributed by atoms with Gasteiger partial charge >= 0.3 is 0 Å². The molecule has 1 heteroatoms. The molecular formula is C18H14S. The smallest absolute Gasteiger partial charge is 0.0361 e. The van der Waals surface area contributed by atoms with E-state index >= 15 is 0 Å². The molecule has 0 nitrogen and oxygen atoms in total. The molecule has 92 valence electrons. The van der Waals surface area contributed by atoms with Gasteiger partial charge in [0.2, 0.25) is 0 Å². The van der Waals surface area contributed by atoms with Gasteiger partial charge in [0.25, 0.3) is 0 Å². The third-order valence-corrected chi connectivity index (χ3v) is 4.86. The number of fused-ring (bicyclic) bond motifs is 4. The molecule has 0 unspecified atom stereocenters. The molecule has 0 bridgehead atoms. The molecule has 0 saturated carbocycles. The van der Waals surface area contributed by atoms with Crippen LogP contribution in [0.25, 0.3) is 30.9 Å². The Bertz CT molecular complexity index is 920. The number of rotatable bonds is 0. The number of benzene rings is 3. The maximum absolute atomic E-state index is 2.33. The summed E-state index contributed by atoms with van der Waals surface area (Å²) in [6.07, 6.45) is 0. The van der Waals surface area contributed by atoms with Gasteiger partial charge in [-0.2, -0.15) is 0 Å². The molecule has 3 aromatic carbocycles. The summed E-state index contributed by atoms with van der Waals surface area (Å²) in [5, 5.41) is 5.44. The topological polar surface area (TPSA) is 0 Å². The maximum atomic E-state index is 2.33. The lowest BCUT2D eigenvalue weighted by Gasteiger charge is -2.00.